The summed E-state index contributed by atoms with van der Waals surface area (Å²) in [5.74, 6) is 1.43. The molecule has 0 bridgehead atoms. The molecule has 0 N–H and O–H groups in total. The van der Waals surface area contributed by atoms with E-state index >= 15 is 0 Å². The van der Waals surface area contributed by atoms with Crippen LogP contribution in [0.2, 0.25) is 0 Å². The highest BCUT2D eigenvalue weighted by molar-refractivity contribution is 5.80. The van der Waals surface area contributed by atoms with Gasteiger partial charge in [0.1, 0.15) is 28.6 Å². The van der Waals surface area contributed by atoms with Gasteiger partial charge in [0.05, 0.1) is 19.1 Å². The van der Waals surface area contributed by atoms with Gasteiger partial charge in [-0.2, -0.15) is 0 Å². The molecule has 3 aromatic carbocycles. The summed E-state index contributed by atoms with van der Waals surface area (Å²) in [5, 5.41) is 0.328. The maximum Gasteiger partial charge on any atom is 0.352 e. The number of hydrogen-bond acceptors (Lipinski definition) is 7. The Morgan fingerprint density at radius 1 is 0.941 bits per heavy atom. The third kappa shape index (κ3) is 4.88. The number of carbonyl (C=O) groups excluding carboxylic acids is 1. The standard InChI is InChI=1S/C27H24O7/c1-4-31-27(29)26(18-8-6-5-7-9-18)34-21-14-15-22-23(16-21)32-17(2)25(24(22)28)33-20-12-10-19(30-3)11-13-20/h5-16,26H,4H2,1-3H3. The van der Waals surface area contributed by atoms with E-state index in [1.165, 1.54) is 0 Å². The van der Waals surface area contributed by atoms with Crippen LogP contribution in [0.3, 0.4) is 0 Å². The number of hydrogen-bond donors (Lipinski definition) is 0. The predicted molar refractivity (Wildman–Crippen MR) is 127 cm³/mol. The van der Waals surface area contributed by atoms with Crippen LogP contribution in [0.15, 0.2) is 82.0 Å². The summed E-state index contributed by atoms with van der Waals surface area (Å²) in [6, 6.07) is 20.7. The minimum absolute atomic E-state index is 0.0972. The Hall–Kier alpha value is -4.26. The number of esters is 1. The number of carbonyl (C=O) groups is 1. The fourth-order valence-corrected chi connectivity index (χ4v) is 3.46. The summed E-state index contributed by atoms with van der Waals surface area (Å²) in [6.07, 6.45) is -0.955. The average Bonchev–Trinajstić information content (AvgIpc) is 2.86. The molecular formula is C27H24O7. The van der Waals surface area contributed by atoms with Gasteiger partial charge in [0.2, 0.25) is 17.3 Å². The summed E-state index contributed by atoms with van der Waals surface area (Å²) in [5.41, 5.74) is 0.658. The van der Waals surface area contributed by atoms with Crippen molar-refractivity contribution in [2.75, 3.05) is 13.7 Å². The Balaban J connectivity index is 1.65. The zero-order chi connectivity index (χ0) is 24.1. The molecule has 4 aromatic rings. The lowest BCUT2D eigenvalue weighted by atomic mass is 10.1. The summed E-state index contributed by atoms with van der Waals surface area (Å²) < 4.78 is 28.0. The fraction of sp³-hybridized carbons (Fsp3) is 0.185. The lowest BCUT2D eigenvalue weighted by molar-refractivity contribution is -0.151. The van der Waals surface area contributed by atoms with Crippen molar-refractivity contribution in [1.82, 2.24) is 0 Å². The third-order valence-corrected chi connectivity index (χ3v) is 5.12. The first-order valence-electron chi connectivity index (χ1n) is 10.8. The maximum absolute atomic E-state index is 13.1. The van der Waals surface area contributed by atoms with Crippen LogP contribution in [-0.2, 0) is 9.53 Å². The van der Waals surface area contributed by atoms with E-state index in [2.05, 4.69) is 0 Å². The smallest absolute Gasteiger partial charge is 0.352 e. The highest BCUT2D eigenvalue weighted by Gasteiger charge is 2.24. The van der Waals surface area contributed by atoms with Crippen LogP contribution in [0.1, 0.15) is 24.4 Å². The number of rotatable bonds is 8. The number of aryl methyl sites for hydroxylation is 1. The SMILES string of the molecule is CCOC(=O)C(Oc1ccc2c(=O)c(Oc3ccc(OC)cc3)c(C)oc2c1)c1ccccc1. The maximum atomic E-state index is 13.1. The monoisotopic (exact) mass is 460 g/mol. The van der Waals surface area contributed by atoms with Gasteiger partial charge in [-0.05, 0) is 50.2 Å². The molecule has 7 heteroatoms. The molecule has 0 aliphatic heterocycles. The van der Waals surface area contributed by atoms with Gasteiger partial charge in [-0.1, -0.05) is 30.3 Å². The molecule has 1 atom stereocenters. The van der Waals surface area contributed by atoms with E-state index in [0.717, 1.165) is 0 Å². The van der Waals surface area contributed by atoms with Crippen LogP contribution in [0.4, 0.5) is 0 Å². The Morgan fingerprint density at radius 3 is 2.29 bits per heavy atom. The van der Waals surface area contributed by atoms with E-state index in [4.69, 9.17) is 23.4 Å². The molecule has 0 radical (unpaired) electrons. The minimum atomic E-state index is -0.955. The highest BCUT2D eigenvalue weighted by Crippen LogP contribution is 2.30. The number of fused-ring (bicyclic) bond motifs is 1. The van der Waals surface area contributed by atoms with Gasteiger partial charge in [0, 0.05) is 11.6 Å². The zero-order valence-electron chi connectivity index (χ0n) is 19.1. The second-order valence-corrected chi connectivity index (χ2v) is 7.41. The molecule has 7 nitrogen and oxygen atoms in total. The number of benzene rings is 3. The minimum Gasteiger partial charge on any atom is -0.497 e. The van der Waals surface area contributed by atoms with Crippen molar-refractivity contribution in [3.8, 4) is 23.0 Å². The number of methoxy groups -OCH3 is 1. The Bertz CT molecular complexity index is 1340. The van der Waals surface area contributed by atoms with Crippen LogP contribution in [-0.4, -0.2) is 19.7 Å². The Labute approximate surface area is 196 Å². The fourth-order valence-electron chi connectivity index (χ4n) is 3.46. The summed E-state index contributed by atoms with van der Waals surface area (Å²) >= 11 is 0. The molecule has 1 aromatic heterocycles. The van der Waals surface area contributed by atoms with Crippen molar-refractivity contribution >= 4 is 16.9 Å². The number of ether oxygens (including phenoxy) is 4. The summed E-state index contributed by atoms with van der Waals surface area (Å²) in [6.45, 7) is 3.62. The molecule has 1 unspecified atom stereocenters. The molecule has 1 heterocycles. The molecule has 4 rings (SSSR count). The van der Waals surface area contributed by atoms with Gasteiger partial charge < -0.3 is 23.4 Å². The first-order chi connectivity index (χ1) is 16.5. The lowest BCUT2D eigenvalue weighted by Crippen LogP contribution is -2.21. The molecule has 0 fully saturated rings. The van der Waals surface area contributed by atoms with E-state index in [1.54, 1.807) is 75.6 Å². The average molecular weight is 460 g/mol. The Morgan fingerprint density at radius 2 is 1.62 bits per heavy atom. The predicted octanol–water partition coefficient (Wildman–Crippen LogP) is 5.59. The second kappa shape index (κ2) is 10.1. The molecule has 0 aliphatic carbocycles. The van der Waals surface area contributed by atoms with E-state index in [1.807, 2.05) is 18.2 Å². The largest absolute Gasteiger partial charge is 0.497 e. The van der Waals surface area contributed by atoms with Crippen molar-refractivity contribution < 1.29 is 28.2 Å². The van der Waals surface area contributed by atoms with Gasteiger partial charge >= 0.3 is 5.97 Å². The topological polar surface area (TPSA) is 84.2 Å². The summed E-state index contributed by atoms with van der Waals surface area (Å²) in [4.78, 5) is 25.6. The molecule has 0 spiro atoms. The van der Waals surface area contributed by atoms with E-state index < -0.39 is 12.1 Å². The molecular weight excluding hydrogens is 436 g/mol. The molecule has 0 amide bonds. The van der Waals surface area contributed by atoms with E-state index in [0.29, 0.717) is 39.5 Å². The highest BCUT2D eigenvalue weighted by atomic mass is 16.6. The molecule has 34 heavy (non-hydrogen) atoms. The zero-order valence-corrected chi connectivity index (χ0v) is 19.1. The van der Waals surface area contributed by atoms with Crippen molar-refractivity contribution in [2.45, 2.75) is 20.0 Å². The summed E-state index contributed by atoms with van der Waals surface area (Å²) in [7, 11) is 1.57. The van der Waals surface area contributed by atoms with Gasteiger partial charge in [-0.3, -0.25) is 4.79 Å². The molecule has 0 saturated heterocycles. The van der Waals surface area contributed by atoms with Crippen molar-refractivity contribution in [3.63, 3.8) is 0 Å². The first-order valence-corrected chi connectivity index (χ1v) is 10.8. The van der Waals surface area contributed by atoms with E-state index in [9.17, 15) is 9.59 Å². The van der Waals surface area contributed by atoms with Gasteiger partial charge in [-0.25, -0.2) is 4.79 Å². The van der Waals surface area contributed by atoms with Crippen LogP contribution in [0.25, 0.3) is 11.0 Å². The van der Waals surface area contributed by atoms with Crippen molar-refractivity contribution in [2.24, 2.45) is 0 Å². The lowest BCUT2D eigenvalue weighted by Gasteiger charge is -2.18. The van der Waals surface area contributed by atoms with Gasteiger partial charge in [-0.15, -0.1) is 0 Å². The molecule has 174 valence electrons. The van der Waals surface area contributed by atoms with Crippen molar-refractivity contribution in [3.05, 3.63) is 94.3 Å². The van der Waals surface area contributed by atoms with Crippen LogP contribution < -0.4 is 19.6 Å². The molecule has 0 aliphatic rings. The Kier molecular flexibility index (Phi) is 6.82. The van der Waals surface area contributed by atoms with Gasteiger partial charge in [0.25, 0.3) is 0 Å². The van der Waals surface area contributed by atoms with Crippen molar-refractivity contribution in [1.29, 1.82) is 0 Å². The quantitative estimate of drug-likeness (QED) is 0.317. The van der Waals surface area contributed by atoms with Gasteiger partial charge in [0.15, 0.2) is 0 Å². The molecule has 0 saturated carbocycles. The van der Waals surface area contributed by atoms with E-state index in [-0.39, 0.29) is 17.8 Å². The third-order valence-electron chi connectivity index (χ3n) is 5.12. The second-order valence-electron chi connectivity index (χ2n) is 7.41. The van der Waals surface area contributed by atoms with Crippen LogP contribution in [0, 0.1) is 6.92 Å². The van der Waals surface area contributed by atoms with Crippen LogP contribution >= 0.6 is 0 Å². The van der Waals surface area contributed by atoms with Crippen LogP contribution in [0.5, 0.6) is 23.0 Å². The first kappa shape index (κ1) is 22.9. The normalized spacial score (nSPS) is 11.6.